The summed E-state index contributed by atoms with van der Waals surface area (Å²) in [5.41, 5.74) is 0.685. The number of carbonyl (C=O) groups excluding carboxylic acids is 5. The van der Waals surface area contributed by atoms with E-state index in [9.17, 15) is 24.0 Å². The molecular weight excluding hydrogens is 824 g/mol. The second kappa shape index (κ2) is 20.4. The van der Waals surface area contributed by atoms with Crippen LogP contribution in [0, 0.1) is 0 Å². The van der Waals surface area contributed by atoms with Gasteiger partial charge in [-0.2, -0.15) is 0 Å². The van der Waals surface area contributed by atoms with E-state index in [0.29, 0.717) is 0 Å². The molecule has 3 fully saturated rings. The Morgan fingerprint density at radius 1 is 0.556 bits per heavy atom. The fourth-order valence-electron chi connectivity index (χ4n) is 7.38. The fraction of sp³-hybridized carbons (Fsp3) is 0.370. The molecule has 0 spiro atoms. The van der Waals surface area contributed by atoms with Gasteiger partial charge in [-0.15, -0.1) is 0 Å². The molecule has 0 aliphatic carbocycles. The van der Waals surface area contributed by atoms with Crippen LogP contribution in [0.1, 0.15) is 48.4 Å². The van der Waals surface area contributed by atoms with E-state index in [1.165, 1.54) is 64.7 Å². The lowest BCUT2D eigenvalue weighted by Crippen LogP contribution is -2.69. The summed E-state index contributed by atoms with van der Waals surface area (Å²) in [5.74, 6) is -5.95. The lowest BCUT2D eigenvalue weighted by atomic mass is 9.95. The molecule has 7 rings (SSSR count). The minimum atomic E-state index is -1.90. The van der Waals surface area contributed by atoms with E-state index in [0.717, 1.165) is 0 Å². The standard InChI is InChI=1S/C46H46O17/c1-46(45(51)54-4)56-26-32-34(63-46)35(52-2)37(60-41(49)29-21-13-7-14-22-29)44(58-32)62-36-33(59-40(48)28-19-11-6-12-20-28)31(25-55-39(47)27-17-9-5-10-18-27)57-43(53-3)38(36)61-42(50)30-23-15-8-16-24-30/h5-24,31-38,43-44H,25-26H2,1-4H3/t31-,32-,33-,34-,35+,36+,37-,38-,43-,44+,46+/m1/s1. The molecule has 3 saturated heterocycles. The summed E-state index contributed by atoms with van der Waals surface area (Å²) in [4.78, 5) is 67.8. The molecule has 0 amide bonds. The first-order valence-corrected chi connectivity index (χ1v) is 20.0. The second-order valence-electron chi connectivity index (χ2n) is 14.6. The highest BCUT2D eigenvalue weighted by Gasteiger charge is 2.60. The maximum atomic E-state index is 14.0. The van der Waals surface area contributed by atoms with Gasteiger partial charge in [0.2, 0.25) is 0 Å². The molecule has 3 aliphatic heterocycles. The van der Waals surface area contributed by atoms with Crippen LogP contribution >= 0.6 is 0 Å². The lowest BCUT2D eigenvalue weighted by molar-refractivity contribution is -0.396. The Kier molecular flexibility index (Phi) is 14.6. The summed E-state index contributed by atoms with van der Waals surface area (Å²) in [6, 6.07) is 32.3. The summed E-state index contributed by atoms with van der Waals surface area (Å²) < 4.78 is 72.3. The molecule has 0 bridgehead atoms. The normalized spacial score (nSPS) is 29.0. The minimum absolute atomic E-state index is 0.138. The van der Waals surface area contributed by atoms with Crippen LogP contribution in [0.25, 0.3) is 0 Å². The van der Waals surface area contributed by atoms with Crippen molar-refractivity contribution >= 4 is 29.8 Å². The molecule has 4 aromatic rings. The first-order valence-electron chi connectivity index (χ1n) is 20.0. The zero-order chi connectivity index (χ0) is 44.5. The van der Waals surface area contributed by atoms with Crippen molar-refractivity contribution in [2.24, 2.45) is 0 Å². The van der Waals surface area contributed by atoms with Gasteiger partial charge >= 0.3 is 29.8 Å². The van der Waals surface area contributed by atoms with E-state index in [2.05, 4.69) is 0 Å². The van der Waals surface area contributed by atoms with Crippen molar-refractivity contribution in [2.75, 3.05) is 34.5 Å². The molecule has 0 saturated carbocycles. The number of carbonyl (C=O) groups is 5. The number of ether oxygens (including phenoxy) is 12. The Bertz CT molecular complexity index is 2170. The molecule has 17 nitrogen and oxygen atoms in total. The van der Waals surface area contributed by atoms with Crippen molar-refractivity contribution in [3.63, 3.8) is 0 Å². The molecule has 3 aliphatic rings. The first-order chi connectivity index (χ1) is 30.5. The maximum Gasteiger partial charge on any atom is 0.366 e. The number of hydrogen-bond donors (Lipinski definition) is 0. The largest absolute Gasteiger partial charge is 0.465 e. The van der Waals surface area contributed by atoms with Gasteiger partial charge in [0.05, 0.1) is 36.0 Å². The molecular formula is C46H46O17. The molecule has 0 unspecified atom stereocenters. The molecule has 11 atom stereocenters. The molecule has 332 valence electrons. The number of methoxy groups -OCH3 is 3. The van der Waals surface area contributed by atoms with E-state index < -0.39 is 104 Å². The highest BCUT2D eigenvalue weighted by atomic mass is 16.8. The molecule has 0 N–H and O–H groups in total. The number of fused-ring (bicyclic) bond motifs is 1. The third-order valence-electron chi connectivity index (χ3n) is 10.6. The zero-order valence-electron chi connectivity index (χ0n) is 34.7. The van der Waals surface area contributed by atoms with Crippen molar-refractivity contribution < 1.29 is 80.8 Å². The van der Waals surface area contributed by atoms with Gasteiger partial charge in [0, 0.05) is 21.1 Å². The third-order valence-corrected chi connectivity index (χ3v) is 10.6. The number of hydrogen-bond acceptors (Lipinski definition) is 17. The Hall–Kier alpha value is -6.05. The van der Waals surface area contributed by atoms with E-state index in [1.807, 2.05) is 0 Å². The Morgan fingerprint density at radius 2 is 1.02 bits per heavy atom. The van der Waals surface area contributed by atoms with Gasteiger partial charge < -0.3 is 56.8 Å². The van der Waals surface area contributed by atoms with Crippen LogP contribution in [-0.2, 0) is 61.6 Å². The molecule has 4 aromatic carbocycles. The summed E-state index contributed by atoms with van der Waals surface area (Å²) in [6.45, 7) is 0.585. The SMILES string of the molecule is COC(=O)[C@@]1(C)OC[C@H]2O[C@@H](O[C@@H]3[C@@H](OC(=O)c4ccccc4)[C@H](OC)O[C@H](COC(=O)c4ccccc4)[C@H]3OC(=O)c3ccccc3)[C@H](OC(=O)c3ccccc3)[C@@H](OC)[C@@H]2O1. The molecule has 17 heteroatoms. The van der Waals surface area contributed by atoms with Crippen molar-refractivity contribution in [2.45, 2.75) is 74.1 Å². The van der Waals surface area contributed by atoms with Crippen molar-refractivity contribution in [3.8, 4) is 0 Å². The predicted octanol–water partition coefficient (Wildman–Crippen LogP) is 4.32. The van der Waals surface area contributed by atoms with Crippen LogP contribution < -0.4 is 0 Å². The highest BCUT2D eigenvalue weighted by Crippen LogP contribution is 2.39. The van der Waals surface area contributed by atoms with Gasteiger partial charge in [-0.25, -0.2) is 24.0 Å². The Morgan fingerprint density at radius 3 is 1.48 bits per heavy atom. The molecule has 0 aromatic heterocycles. The zero-order valence-corrected chi connectivity index (χ0v) is 34.7. The van der Waals surface area contributed by atoms with Gasteiger partial charge in [-0.05, 0) is 48.5 Å². The average Bonchev–Trinajstić information content (AvgIpc) is 3.32. The summed E-state index contributed by atoms with van der Waals surface area (Å²) in [7, 11) is 3.80. The highest BCUT2D eigenvalue weighted by molar-refractivity contribution is 5.91. The number of rotatable bonds is 14. The smallest absolute Gasteiger partial charge is 0.366 e. The summed E-state index contributed by atoms with van der Waals surface area (Å²) in [6.07, 6.45) is -14.0. The molecule has 0 radical (unpaired) electrons. The lowest BCUT2D eigenvalue weighted by Gasteiger charge is -2.51. The Balaban J connectivity index is 1.30. The van der Waals surface area contributed by atoms with Crippen LogP contribution in [0.5, 0.6) is 0 Å². The topological polar surface area (TPSA) is 196 Å². The van der Waals surface area contributed by atoms with Crippen molar-refractivity contribution in [1.29, 1.82) is 0 Å². The van der Waals surface area contributed by atoms with Crippen molar-refractivity contribution in [3.05, 3.63) is 144 Å². The maximum absolute atomic E-state index is 14.0. The quantitative estimate of drug-likeness (QED) is 0.128. The third kappa shape index (κ3) is 10.3. The van der Waals surface area contributed by atoms with Gasteiger partial charge in [0.25, 0.3) is 5.79 Å². The fourth-order valence-corrected chi connectivity index (χ4v) is 7.38. The Labute approximate surface area is 362 Å². The van der Waals surface area contributed by atoms with E-state index in [4.69, 9.17) is 56.8 Å². The predicted molar refractivity (Wildman–Crippen MR) is 215 cm³/mol. The van der Waals surface area contributed by atoms with Gasteiger partial charge in [0.1, 0.15) is 37.1 Å². The minimum Gasteiger partial charge on any atom is -0.465 e. The summed E-state index contributed by atoms with van der Waals surface area (Å²) in [5, 5.41) is 0. The first kappa shape index (κ1) is 45.0. The van der Waals surface area contributed by atoms with Gasteiger partial charge in [-0.3, -0.25) is 0 Å². The van der Waals surface area contributed by atoms with E-state index >= 15 is 0 Å². The van der Waals surface area contributed by atoms with Crippen molar-refractivity contribution in [1.82, 2.24) is 0 Å². The number of benzene rings is 4. The number of esters is 5. The second-order valence-corrected chi connectivity index (χ2v) is 14.6. The van der Waals surface area contributed by atoms with Gasteiger partial charge in [-0.1, -0.05) is 72.8 Å². The van der Waals surface area contributed by atoms with Crippen LogP contribution in [0.2, 0.25) is 0 Å². The van der Waals surface area contributed by atoms with Crippen LogP contribution in [-0.4, -0.2) is 132 Å². The summed E-state index contributed by atoms with van der Waals surface area (Å²) >= 11 is 0. The van der Waals surface area contributed by atoms with E-state index in [1.54, 1.807) is 84.9 Å². The monoisotopic (exact) mass is 870 g/mol. The average molecular weight is 871 g/mol. The van der Waals surface area contributed by atoms with Crippen LogP contribution in [0.3, 0.4) is 0 Å². The van der Waals surface area contributed by atoms with E-state index in [-0.39, 0.29) is 28.9 Å². The molecule has 3 heterocycles. The molecule has 63 heavy (non-hydrogen) atoms. The van der Waals surface area contributed by atoms with Crippen LogP contribution in [0.15, 0.2) is 121 Å². The van der Waals surface area contributed by atoms with Crippen LogP contribution in [0.4, 0.5) is 0 Å². The van der Waals surface area contributed by atoms with Gasteiger partial charge in [0.15, 0.2) is 30.9 Å².